The Morgan fingerprint density at radius 2 is 2.25 bits per heavy atom. The molecule has 8 nitrogen and oxygen atoms in total. The van der Waals surface area contributed by atoms with Crippen molar-refractivity contribution in [3.05, 3.63) is 48.2 Å². The van der Waals surface area contributed by atoms with E-state index < -0.39 is 5.60 Å². The number of aryl methyl sites for hydroxylation is 1. The van der Waals surface area contributed by atoms with Gasteiger partial charge in [-0.3, -0.25) is 9.78 Å². The van der Waals surface area contributed by atoms with Gasteiger partial charge in [0.25, 0.3) is 5.91 Å². The van der Waals surface area contributed by atoms with Crippen LogP contribution < -0.4 is 4.90 Å². The number of carbonyl (C=O) groups is 1. The standard InChI is InChI=1S/C20H24N6O2/c1-14-23-16-5-4-15(10-17(16)24-14)19(27)25(2)12-20(28)6-3-9-26(13-20)18-11-21-7-8-22-18/h4-5,7-8,10-11,28H,3,6,9,12-13H2,1-2H3,(H,23,24). The van der Waals surface area contributed by atoms with E-state index in [1.54, 1.807) is 36.6 Å². The Morgan fingerprint density at radius 1 is 1.39 bits per heavy atom. The van der Waals surface area contributed by atoms with Crippen molar-refractivity contribution in [2.45, 2.75) is 25.4 Å². The van der Waals surface area contributed by atoms with Crippen LogP contribution in [0.4, 0.5) is 5.82 Å². The van der Waals surface area contributed by atoms with Crippen LogP contribution >= 0.6 is 0 Å². The van der Waals surface area contributed by atoms with Crippen LogP contribution in [0.3, 0.4) is 0 Å². The summed E-state index contributed by atoms with van der Waals surface area (Å²) in [6.45, 7) is 3.37. The van der Waals surface area contributed by atoms with Crippen LogP contribution in [0.25, 0.3) is 11.0 Å². The fourth-order valence-electron chi connectivity index (χ4n) is 3.90. The van der Waals surface area contributed by atoms with Gasteiger partial charge in [-0.25, -0.2) is 9.97 Å². The van der Waals surface area contributed by atoms with Crippen molar-refractivity contribution >= 4 is 22.8 Å². The first-order chi connectivity index (χ1) is 13.4. The number of fused-ring (bicyclic) bond motifs is 1. The highest BCUT2D eigenvalue weighted by Gasteiger charge is 2.36. The van der Waals surface area contributed by atoms with Crippen molar-refractivity contribution in [1.82, 2.24) is 24.8 Å². The lowest BCUT2D eigenvalue weighted by Gasteiger charge is -2.41. The van der Waals surface area contributed by atoms with Gasteiger partial charge in [0.15, 0.2) is 0 Å². The van der Waals surface area contributed by atoms with Crippen molar-refractivity contribution in [2.75, 3.05) is 31.6 Å². The molecule has 1 amide bonds. The second kappa shape index (κ2) is 7.20. The van der Waals surface area contributed by atoms with Gasteiger partial charge in [-0.2, -0.15) is 0 Å². The molecule has 1 unspecified atom stereocenters. The maximum atomic E-state index is 12.9. The van der Waals surface area contributed by atoms with Crippen LogP contribution in [-0.2, 0) is 0 Å². The monoisotopic (exact) mass is 380 g/mol. The number of nitrogens with one attached hydrogen (secondary N) is 1. The SMILES string of the molecule is Cc1nc2ccc(C(=O)N(C)CC3(O)CCCN(c4cnccn4)C3)cc2[nH]1. The van der Waals surface area contributed by atoms with Gasteiger partial charge in [0.05, 0.1) is 29.4 Å². The first-order valence-corrected chi connectivity index (χ1v) is 9.39. The normalized spacial score (nSPS) is 19.8. The van der Waals surface area contributed by atoms with Gasteiger partial charge in [-0.15, -0.1) is 0 Å². The van der Waals surface area contributed by atoms with Crippen LogP contribution in [0.15, 0.2) is 36.8 Å². The highest BCUT2D eigenvalue weighted by Crippen LogP contribution is 2.26. The van der Waals surface area contributed by atoms with E-state index in [-0.39, 0.29) is 12.5 Å². The van der Waals surface area contributed by atoms with Gasteiger partial charge >= 0.3 is 0 Å². The first-order valence-electron chi connectivity index (χ1n) is 9.39. The number of anilines is 1. The predicted molar refractivity (Wildman–Crippen MR) is 106 cm³/mol. The van der Waals surface area contributed by atoms with E-state index >= 15 is 0 Å². The molecule has 2 N–H and O–H groups in total. The van der Waals surface area contributed by atoms with Crippen molar-refractivity contribution in [3.63, 3.8) is 0 Å². The third kappa shape index (κ3) is 3.68. The average Bonchev–Trinajstić information content (AvgIpc) is 3.07. The predicted octanol–water partition coefficient (Wildman–Crippen LogP) is 1.76. The number of carbonyl (C=O) groups excluding carboxylic acids is 1. The largest absolute Gasteiger partial charge is 0.386 e. The van der Waals surface area contributed by atoms with Gasteiger partial charge in [0.1, 0.15) is 11.6 Å². The Labute approximate surface area is 163 Å². The zero-order valence-corrected chi connectivity index (χ0v) is 16.1. The molecular formula is C20H24N6O2. The Morgan fingerprint density at radius 3 is 3.04 bits per heavy atom. The number of nitrogens with zero attached hydrogens (tertiary/aromatic N) is 5. The number of hydrogen-bond donors (Lipinski definition) is 2. The van der Waals surface area contributed by atoms with Crippen LogP contribution in [-0.4, -0.2) is 68.1 Å². The molecule has 0 spiro atoms. The number of H-pyrrole nitrogens is 1. The molecule has 0 radical (unpaired) electrons. The molecule has 0 aliphatic carbocycles. The quantitative estimate of drug-likeness (QED) is 0.716. The summed E-state index contributed by atoms with van der Waals surface area (Å²) in [6.07, 6.45) is 6.44. The van der Waals surface area contributed by atoms with Gasteiger partial charge in [-0.05, 0) is 38.0 Å². The third-order valence-corrected chi connectivity index (χ3v) is 5.15. The summed E-state index contributed by atoms with van der Waals surface area (Å²) in [6, 6.07) is 5.42. The molecule has 146 valence electrons. The summed E-state index contributed by atoms with van der Waals surface area (Å²) in [5, 5.41) is 11.1. The fourth-order valence-corrected chi connectivity index (χ4v) is 3.90. The van der Waals surface area contributed by atoms with E-state index in [4.69, 9.17) is 0 Å². The molecule has 0 bridgehead atoms. The maximum Gasteiger partial charge on any atom is 0.253 e. The second-order valence-electron chi connectivity index (χ2n) is 7.53. The molecule has 4 rings (SSSR count). The minimum Gasteiger partial charge on any atom is -0.386 e. The Balaban J connectivity index is 1.47. The highest BCUT2D eigenvalue weighted by molar-refractivity contribution is 5.97. The van der Waals surface area contributed by atoms with Crippen LogP contribution in [0.1, 0.15) is 29.0 Å². The summed E-state index contributed by atoms with van der Waals surface area (Å²) in [5.74, 6) is 1.43. The second-order valence-corrected chi connectivity index (χ2v) is 7.53. The summed E-state index contributed by atoms with van der Waals surface area (Å²) in [4.78, 5) is 32.5. The number of β-amino-alcohol motifs (C(OH)–C–C–N with tert-alkyl or cyclic N) is 1. The smallest absolute Gasteiger partial charge is 0.253 e. The third-order valence-electron chi connectivity index (χ3n) is 5.15. The molecule has 2 aromatic heterocycles. The molecule has 1 aromatic carbocycles. The summed E-state index contributed by atoms with van der Waals surface area (Å²) < 4.78 is 0. The molecule has 1 aliphatic rings. The molecule has 1 atom stereocenters. The lowest BCUT2D eigenvalue weighted by Crippen LogP contribution is -2.54. The first kappa shape index (κ1) is 18.4. The van der Waals surface area contributed by atoms with Crippen molar-refractivity contribution < 1.29 is 9.90 Å². The van der Waals surface area contributed by atoms with Crippen molar-refractivity contribution in [1.29, 1.82) is 0 Å². The Kier molecular flexibility index (Phi) is 4.72. The molecule has 28 heavy (non-hydrogen) atoms. The van der Waals surface area contributed by atoms with E-state index in [9.17, 15) is 9.90 Å². The number of hydrogen-bond acceptors (Lipinski definition) is 6. The number of aliphatic hydroxyl groups is 1. The lowest BCUT2D eigenvalue weighted by atomic mass is 9.92. The number of aromatic nitrogens is 4. The maximum absolute atomic E-state index is 12.9. The Hall–Kier alpha value is -3.00. The van der Waals surface area contributed by atoms with Crippen LogP contribution in [0.5, 0.6) is 0 Å². The minimum absolute atomic E-state index is 0.126. The zero-order chi connectivity index (χ0) is 19.7. The summed E-state index contributed by atoms with van der Waals surface area (Å²) in [5.41, 5.74) is 1.25. The summed E-state index contributed by atoms with van der Waals surface area (Å²) >= 11 is 0. The van der Waals surface area contributed by atoms with E-state index in [2.05, 4.69) is 19.9 Å². The van der Waals surface area contributed by atoms with E-state index in [1.807, 2.05) is 24.0 Å². The Bertz CT molecular complexity index is 989. The number of imidazole rings is 1. The van der Waals surface area contributed by atoms with Gasteiger partial charge in [-0.1, -0.05) is 0 Å². The van der Waals surface area contributed by atoms with E-state index in [0.717, 1.165) is 35.6 Å². The molecule has 1 saturated heterocycles. The molecule has 0 saturated carbocycles. The van der Waals surface area contributed by atoms with Crippen molar-refractivity contribution in [2.24, 2.45) is 0 Å². The molecule has 1 aliphatic heterocycles. The lowest BCUT2D eigenvalue weighted by molar-refractivity contribution is -0.000140. The molecule has 1 fully saturated rings. The molecule has 8 heteroatoms. The number of piperidine rings is 1. The molecule has 3 heterocycles. The average molecular weight is 380 g/mol. The molecule has 3 aromatic rings. The minimum atomic E-state index is -0.991. The highest BCUT2D eigenvalue weighted by atomic mass is 16.3. The van der Waals surface area contributed by atoms with Gasteiger partial charge < -0.3 is 19.9 Å². The van der Waals surface area contributed by atoms with E-state index in [0.29, 0.717) is 18.5 Å². The zero-order valence-electron chi connectivity index (χ0n) is 16.1. The topological polar surface area (TPSA) is 98.2 Å². The van der Waals surface area contributed by atoms with E-state index in [1.165, 1.54) is 0 Å². The number of aromatic amines is 1. The number of amides is 1. The summed E-state index contributed by atoms with van der Waals surface area (Å²) in [7, 11) is 1.73. The molecular weight excluding hydrogens is 356 g/mol. The van der Waals surface area contributed by atoms with Crippen LogP contribution in [0, 0.1) is 6.92 Å². The number of benzene rings is 1. The van der Waals surface area contributed by atoms with Crippen LogP contribution in [0.2, 0.25) is 0 Å². The van der Waals surface area contributed by atoms with Gasteiger partial charge in [0.2, 0.25) is 0 Å². The van der Waals surface area contributed by atoms with Gasteiger partial charge in [0, 0.05) is 38.1 Å². The number of likely N-dealkylation sites (N-methyl/N-ethyl adjacent to an activating group) is 1. The fraction of sp³-hybridized carbons (Fsp3) is 0.400. The van der Waals surface area contributed by atoms with Crippen molar-refractivity contribution in [3.8, 4) is 0 Å². The number of rotatable bonds is 4.